The number of benzene rings is 4. The number of nitrogens with zero attached hydrogens (tertiary/aromatic N) is 6. The van der Waals surface area contributed by atoms with Gasteiger partial charge in [0.2, 0.25) is 0 Å². The summed E-state index contributed by atoms with van der Waals surface area (Å²) in [5, 5.41) is 13.5. The van der Waals surface area contributed by atoms with Gasteiger partial charge in [0.25, 0.3) is 17.4 Å². The van der Waals surface area contributed by atoms with Gasteiger partial charge in [-0.3, -0.25) is 19.8 Å². The van der Waals surface area contributed by atoms with Crippen molar-refractivity contribution in [1.82, 2.24) is 28.5 Å². The lowest BCUT2D eigenvalue weighted by Gasteiger charge is -2.49. The van der Waals surface area contributed by atoms with Crippen LogP contribution in [0.2, 0.25) is 10.0 Å². The number of hydrogen-bond acceptors (Lipinski definition) is 12. The molecule has 9 rings (SSSR count). The number of nitrogens with one attached hydrogen (secondary N) is 1. The Labute approximate surface area is 380 Å². The van der Waals surface area contributed by atoms with Gasteiger partial charge >= 0.3 is 11.4 Å². The van der Waals surface area contributed by atoms with Crippen LogP contribution < -0.4 is 41.3 Å². The molecule has 4 heterocycles. The molecule has 2 aromatic heterocycles. The molecule has 1 saturated carbocycles. The number of carbonyl (C=O) groups is 2. The molecule has 3 aliphatic rings. The number of hydrazine groups is 1. The van der Waals surface area contributed by atoms with Gasteiger partial charge in [-0.1, -0.05) is 53.5 Å². The third kappa shape index (κ3) is 6.66. The third-order valence-corrected chi connectivity index (χ3v) is 13.3. The minimum atomic E-state index is -1.75. The van der Waals surface area contributed by atoms with Crippen molar-refractivity contribution in [3.05, 3.63) is 143 Å². The van der Waals surface area contributed by atoms with Crippen LogP contribution in [-0.4, -0.2) is 73.3 Å². The number of phenolic OH excluding ortho intramolecular Hbond substituents is 1. The van der Waals surface area contributed by atoms with E-state index in [1.165, 1.54) is 41.3 Å². The number of methoxy groups -OCH3 is 3. The maximum Gasteiger partial charge on any atom is 0.347 e. The fraction of sp³-hybridized carbons (Fsp3) is 0.304. The molecule has 6 aromatic rings. The fourth-order valence-corrected chi connectivity index (χ4v) is 10.3. The summed E-state index contributed by atoms with van der Waals surface area (Å²) < 4.78 is 27.3. The van der Waals surface area contributed by atoms with Crippen molar-refractivity contribution < 1.29 is 33.6 Å². The van der Waals surface area contributed by atoms with Gasteiger partial charge in [0.15, 0.2) is 23.0 Å². The van der Waals surface area contributed by atoms with E-state index in [0.29, 0.717) is 44.4 Å². The molecule has 4 unspecified atom stereocenters. The molecule has 0 bridgehead atoms. The van der Waals surface area contributed by atoms with Crippen LogP contribution >= 0.6 is 23.2 Å². The highest BCUT2D eigenvalue weighted by Crippen LogP contribution is 2.63. The molecule has 2 fully saturated rings. The normalized spacial score (nSPS) is 20.0. The highest BCUT2D eigenvalue weighted by atomic mass is 35.5. The summed E-state index contributed by atoms with van der Waals surface area (Å²) in [6, 6.07) is 18.7. The zero-order valence-corrected chi connectivity index (χ0v) is 37.3. The van der Waals surface area contributed by atoms with E-state index in [1.807, 2.05) is 0 Å². The summed E-state index contributed by atoms with van der Waals surface area (Å²) in [5.74, 6) is -2.38. The largest absolute Gasteiger partial charge is 0.504 e. The molecule has 1 aliphatic carbocycles. The number of aromatic hydroxyl groups is 1. The van der Waals surface area contributed by atoms with Gasteiger partial charge < -0.3 is 28.6 Å². The van der Waals surface area contributed by atoms with Crippen LogP contribution in [0.1, 0.15) is 42.1 Å². The van der Waals surface area contributed by atoms with Crippen LogP contribution in [0.3, 0.4) is 0 Å². The second-order valence-electron chi connectivity index (χ2n) is 15.9. The number of aryl methyl sites for hydroxylation is 2. The van der Waals surface area contributed by atoms with Crippen LogP contribution in [-0.2, 0) is 41.6 Å². The first-order chi connectivity index (χ1) is 31.3. The Morgan fingerprint density at radius 1 is 0.892 bits per heavy atom. The van der Waals surface area contributed by atoms with E-state index >= 15 is 9.59 Å². The number of anilines is 1. The van der Waals surface area contributed by atoms with Crippen molar-refractivity contribution >= 4 is 51.7 Å². The van der Waals surface area contributed by atoms with Crippen LogP contribution in [0, 0.1) is 5.92 Å². The molecule has 17 nitrogen and oxygen atoms in total. The van der Waals surface area contributed by atoms with Gasteiger partial charge in [0.05, 0.1) is 73.6 Å². The third-order valence-electron chi connectivity index (χ3n) is 12.8. The molecule has 2 N–H and O–H groups in total. The van der Waals surface area contributed by atoms with E-state index in [4.69, 9.17) is 42.1 Å². The number of fused-ring (bicyclic) bond motifs is 5. The smallest absolute Gasteiger partial charge is 0.347 e. The van der Waals surface area contributed by atoms with Gasteiger partial charge in [-0.2, -0.15) is 5.01 Å². The van der Waals surface area contributed by atoms with Gasteiger partial charge in [0.1, 0.15) is 11.4 Å². The van der Waals surface area contributed by atoms with Gasteiger partial charge in [-0.15, -0.1) is 0 Å². The predicted octanol–water partition coefficient (Wildman–Crippen LogP) is 5.36. The highest BCUT2D eigenvalue weighted by Gasteiger charge is 2.69. The molecule has 19 heteroatoms. The molecule has 4 aromatic carbocycles. The summed E-state index contributed by atoms with van der Waals surface area (Å²) in [6.45, 7) is 1.69. The van der Waals surface area contributed by atoms with Crippen molar-refractivity contribution in [2.45, 2.75) is 50.2 Å². The van der Waals surface area contributed by atoms with Crippen LogP contribution in [0.15, 0.2) is 98.8 Å². The van der Waals surface area contributed by atoms with E-state index in [-0.39, 0.29) is 66.0 Å². The molecule has 0 radical (unpaired) electrons. The number of aromatic nitrogens is 5. The molecule has 336 valence electrons. The van der Waals surface area contributed by atoms with Crippen molar-refractivity contribution in [2.75, 3.05) is 33.4 Å². The molecule has 2 aliphatic heterocycles. The molecule has 65 heavy (non-hydrogen) atoms. The average molecular weight is 925 g/mol. The summed E-state index contributed by atoms with van der Waals surface area (Å²) in [4.78, 5) is 78.0. The number of para-hydroxylation sites is 1. The van der Waals surface area contributed by atoms with Gasteiger partial charge in [-0.05, 0) is 60.9 Å². The maximum atomic E-state index is 15.6. The summed E-state index contributed by atoms with van der Waals surface area (Å²) in [7, 11) is 6.08. The standard InChI is InChI=1S/C46H43Cl2N7O10/c1-6-65-36-9-7-8-28(40(36)56)39-27-16-19-53-44(60)52(18-17-32-42(58)51(2)35-23-38(64-5)37(63-4)22-33(35)49-32)45(61)55(53)34(27)21-29-41(57)54(50-31-15-12-25(47)20-30(31)48)43(59)46(29,39)24-10-13-26(62-3)14-11-24/h7-16,20,22-23,29,34,39,50,56H,6,17-19,21H2,1-5H3. The second-order valence-corrected chi connectivity index (χ2v) is 16.7. The Kier molecular flexibility index (Phi) is 11.0. The van der Waals surface area contributed by atoms with Crippen molar-refractivity contribution in [2.24, 2.45) is 13.0 Å². The maximum absolute atomic E-state index is 15.6. The first-order valence-electron chi connectivity index (χ1n) is 20.7. The summed E-state index contributed by atoms with van der Waals surface area (Å²) in [5.41, 5.74) is 1.93. The van der Waals surface area contributed by atoms with Gasteiger partial charge in [0, 0.05) is 48.6 Å². The Morgan fingerprint density at radius 2 is 1.63 bits per heavy atom. The van der Waals surface area contributed by atoms with E-state index in [9.17, 15) is 19.5 Å². The molecule has 4 atom stereocenters. The number of phenols is 1. The fourth-order valence-electron chi connectivity index (χ4n) is 9.82. The zero-order chi connectivity index (χ0) is 46.1. The van der Waals surface area contributed by atoms with Crippen molar-refractivity contribution in [1.29, 1.82) is 0 Å². The number of halogens is 2. The first kappa shape index (κ1) is 43.3. The lowest BCUT2D eigenvalue weighted by Crippen LogP contribution is -2.53. The molecule has 2 amide bonds. The highest BCUT2D eigenvalue weighted by molar-refractivity contribution is 6.36. The van der Waals surface area contributed by atoms with Gasteiger partial charge in [-0.25, -0.2) is 28.5 Å². The molecular formula is C46H43Cl2N7O10. The second kappa shape index (κ2) is 16.5. The monoisotopic (exact) mass is 923 g/mol. The Morgan fingerprint density at radius 3 is 2.32 bits per heavy atom. The predicted molar refractivity (Wildman–Crippen MR) is 241 cm³/mol. The number of ether oxygens (including phenoxy) is 4. The van der Waals surface area contributed by atoms with E-state index in [1.54, 1.807) is 86.8 Å². The molecular weight excluding hydrogens is 881 g/mol. The first-order valence-corrected chi connectivity index (χ1v) is 21.5. The summed E-state index contributed by atoms with van der Waals surface area (Å²) in [6.07, 6.45) is 1.59. The minimum Gasteiger partial charge on any atom is -0.504 e. The van der Waals surface area contributed by atoms with E-state index < -0.39 is 52.0 Å². The number of allylic oxidation sites excluding steroid dienone is 2. The molecule has 0 spiro atoms. The lowest BCUT2D eigenvalue weighted by molar-refractivity contribution is -0.138. The molecule has 1 saturated heterocycles. The quantitative estimate of drug-likeness (QED) is 0.118. The Hall–Kier alpha value is -6.98. The zero-order valence-electron chi connectivity index (χ0n) is 35.8. The van der Waals surface area contributed by atoms with Crippen molar-refractivity contribution in [3.63, 3.8) is 0 Å². The van der Waals surface area contributed by atoms with E-state index in [0.717, 1.165) is 9.58 Å². The SMILES string of the molecule is CCOc1cccc(C2C3=CCn4c(=O)n(CCc5nc6cc(OC)c(OC)cc6n(C)c5=O)c(=O)n4C3CC3C(=O)N(Nc4ccc(Cl)cc4Cl)C(=O)C32c2ccc(OC)cc2)c1O. The number of carbonyl (C=O) groups excluding carboxylic acids is 2. The number of amides is 2. The average Bonchev–Trinajstić information content (AvgIpc) is 3.68. The van der Waals surface area contributed by atoms with E-state index in [2.05, 4.69) is 10.4 Å². The van der Waals surface area contributed by atoms with Crippen LogP contribution in [0.4, 0.5) is 5.69 Å². The van der Waals surface area contributed by atoms with Crippen molar-refractivity contribution in [3.8, 4) is 28.7 Å². The topological polar surface area (TPSA) is 190 Å². The van der Waals surface area contributed by atoms with Crippen LogP contribution in [0.5, 0.6) is 28.7 Å². The summed E-state index contributed by atoms with van der Waals surface area (Å²) >= 11 is 12.8. The lowest BCUT2D eigenvalue weighted by atomic mass is 9.53. The Bertz CT molecular complexity index is 3160. The Balaban J connectivity index is 1.19. The number of imide groups is 1. The number of hydrogen-bond donors (Lipinski definition) is 2. The van der Waals surface area contributed by atoms with Crippen LogP contribution in [0.25, 0.3) is 11.0 Å². The minimum absolute atomic E-state index is 0.0775. The number of rotatable bonds is 12.